The molecule has 98 valence electrons. The zero-order chi connectivity index (χ0) is 13.3. The van der Waals surface area contributed by atoms with E-state index < -0.39 is 5.97 Å². The maximum absolute atomic E-state index is 12.1. The fourth-order valence-corrected chi connectivity index (χ4v) is 2.04. The van der Waals surface area contributed by atoms with Crippen LogP contribution in [0.1, 0.15) is 34.4 Å². The molecule has 0 aromatic carbocycles. The summed E-state index contributed by atoms with van der Waals surface area (Å²) in [4.78, 5) is 24.2. The third-order valence-corrected chi connectivity index (χ3v) is 3.09. The summed E-state index contributed by atoms with van der Waals surface area (Å²) in [6.07, 6.45) is 0.720. The first-order valence-corrected chi connectivity index (χ1v) is 5.59. The standard InChI is InChI=1S/C11H14N2O5/c1-6-8(3-4-17-6)13(2)10(14)7-5-9(11(15)16)18-12-7/h5-6,8H,3-4H2,1-2H3,(H,15,16). The van der Waals surface area contributed by atoms with Gasteiger partial charge in [0, 0.05) is 19.7 Å². The van der Waals surface area contributed by atoms with E-state index in [0.717, 1.165) is 12.5 Å². The molecule has 1 saturated heterocycles. The van der Waals surface area contributed by atoms with E-state index in [4.69, 9.17) is 9.84 Å². The molecule has 1 aliphatic heterocycles. The van der Waals surface area contributed by atoms with Crippen LogP contribution in [0.3, 0.4) is 0 Å². The fourth-order valence-electron chi connectivity index (χ4n) is 2.04. The van der Waals surface area contributed by atoms with Gasteiger partial charge in [-0.2, -0.15) is 0 Å². The summed E-state index contributed by atoms with van der Waals surface area (Å²) in [5, 5.41) is 12.2. The smallest absolute Gasteiger partial charge is 0.374 e. The van der Waals surface area contributed by atoms with E-state index in [1.165, 1.54) is 4.90 Å². The third-order valence-electron chi connectivity index (χ3n) is 3.09. The first-order valence-electron chi connectivity index (χ1n) is 5.59. The normalized spacial score (nSPS) is 23.0. The van der Waals surface area contributed by atoms with E-state index in [-0.39, 0.29) is 29.5 Å². The number of rotatable bonds is 3. The minimum atomic E-state index is -1.25. The molecule has 2 atom stereocenters. The van der Waals surface area contributed by atoms with Crippen LogP contribution in [-0.4, -0.2) is 52.8 Å². The van der Waals surface area contributed by atoms with Gasteiger partial charge in [0.2, 0.25) is 5.76 Å². The number of carboxylic acids is 1. The molecule has 2 unspecified atom stereocenters. The number of aromatic carboxylic acids is 1. The Bertz CT molecular complexity index is 470. The first-order chi connectivity index (χ1) is 8.50. The van der Waals surface area contributed by atoms with Gasteiger partial charge in [0.1, 0.15) is 0 Å². The Hall–Kier alpha value is -1.89. The summed E-state index contributed by atoms with van der Waals surface area (Å²) in [5.74, 6) is -1.96. The summed E-state index contributed by atoms with van der Waals surface area (Å²) in [5.41, 5.74) is -0.00556. The van der Waals surface area contributed by atoms with Crippen LogP contribution in [0.5, 0.6) is 0 Å². The zero-order valence-corrected chi connectivity index (χ0v) is 10.1. The second-order valence-electron chi connectivity index (χ2n) is 4.23. The molecule has 0 saturated carbocycles. The van der Waals surface area contributed by atoms with Crippen LogP contribution in [0, 0.1) is 0 Å². The SMILES string of the molecule is CC1OCCC1N(C)C(=O)c1cc(C(=O)O)on1. The van der Waals surface area contributed by atoms with Crippen molar-refractivity contribution in [3.63, 3.8) is 0 Å². The van der Waals surface area contributed by atoms with Crippen LogP contribution in [0.15, 0.2) is 10.6 Å². The number of carboxylic acid groups (broad SMARTS) is 1. The number of carbonyl (C=O) groups is 2. The molecule has 7 nitrogen and oxygen atoms in total. The summed E-state index contributed by atoms with van der Waals surface area (Å²) in [7, 11) is 1.65. The fraction of sp³-hybridized carbons (Fsp3) is 0.545. The number of aromatic nitrogens is 1. The maximum atomic E-state index is 12.1. The Balaban J connectivity index is 2.12. The maximum Gasteiger partial charge on any atom is 0.374 e. The lowest BCUT2D eigenvalue weighted by Crippen LogP contribution is -2.41. The van der Waals surface area contributed by atoms with Crippen LogP contribution in [0.25, 0.3) is 0 Å². The molecule has 2 rings (SSSR count). The number of nitrogens with zero attached hydrogens (tertiary/aromatic N) is 2. The van der Waals surface area contributed by atoms with Gasteiger partial charge >= 0.3 is 5.97 Å². The highest BCUT2D eigenvalue weighted by molar-refractivity contribution is 5.94. The van der Waals surface area contributed by atoms with Gasteiger partial charge in [-0.1, -0.05) is 5.16 Å². The molecule has 0 bridgehead atoms. The van der Waals surface area contributed by atoms with E-state index in [1.807, 2.05) is 6.92 Å². The highest BCUT2D eigenvalue weighted by Gasteiger charge is 2.32. The molecule has 1 fully saturated rings. The topological polar surface area (TPSA) is 92.9 Å². The molecule has 1 aromatic heterocycles. The van der Waals surface area contributed by atoms with Crippen molar-refractivity contribution in [3.05, 3.63) is 17.5 Å². The summed E-state index contributed by atoms with van der Waals surface area (Å²) >= 11 is 0. The van der Waals surface area contributed by atoms with Crippen LogP contribution in [-0.2, 0) is 4.74 Å². The van der Waals surface area contributed by atoms with Crippen LogP contribution in [0.2, 0.25) is 0 Å². The Morgan fingerprint density at radius 3 is 2.78 bits per heavy atom. The lowest BCUT2D eigenvalue weighted by Gasteiger charge is -2.25. The summed E-state index contributed by atoms with van der Waals surface area (Å²) in [6.45, 7) is 2.51. The second kappa shape index (κ2) is 4.77. The average molecular weight is 254 g/mol. The molecular formula is C11H14N2O5. The van der Waals surface area contributed by atoms with E-state index in [1.54, 1.807) is 7.05 Å². The van der Waals surface area contributed by atoms with Gasteiger partial charge in [0.05, 0.1) is 12.1 Å². The van der Waals surface area contributed by atoms with Crippen molar-refractivity contribution in [2.45, 2.75) is 25.5 Å². The van der Waals surface area contributed by atoms with E-state index in [0.29, 0.717) is 6.61 Å². The van der Waals surface area contributed by atoms with Crippen molar-refractivity contribution in [1.82, 2.24) is 10.1 Å². The van der Waals surface area contributed by atoms with Crippen molar-refractivity contribution in [1.29, 1.82) is 0 Å². The van der Waals surface area contributed by atoms with Crippen LogP contribution in [0.4, 0.5) is 0 Å². The van der Waals surface area contributed by atoms with Crippen molar-refractivity contribution >= 4 is 11.9 Å². The average Bonchev–Trinajstić information content (AvgIpc) is 2.95. The third kappa shape index (κ3) is 2.21. The lowest BCUT2D eigenvalue weighted by molar-refractivity contribution is 0.0564. The molecule has 1 aromatic rings. The second-order valence-corrected chi connectivity index (χ2v) is 4.23. The minimum absolute atomic E-state index is 0.00556. The number of carbonyl (C=O) groups excluding carboxylic acids is 1. The molecule has 0 radical (unpaired) electrons. The monoisotopic (exact) mass is 254 g/mol. The largest absolute Gasteiger partial charge is 0.475 e. The lowest BCUT2D eigenvalue weighted by atomic mass is 10.1. The van der Waals surface area contributed by atoms with Gasteiger partial charge in [0.15, 0.2) is 5.69 Å². The minimum Gasteiger partial charge on any atom is -0.475 e. The van der Waals surface area contributed by atoms with Gasteiger partial charge in [-0.3, -0.25) is 4.79 Å². The Morgan fingerprint density at radius 2 is 2.28 bits per heavy atom. The molecule has 2 heterocycles. The summed E-state index contributed by atoms with van der Waals surface area (Å²) in [6, 6.07) is 1.10. The van der Waals surface area contributed by atoms with Gasteiger partial charge in [0.25, 0.3) is 5.91 Å². The van der Waals surface area contributed by atoms with Crippen molar-refractivity contribution < 1.29 is 24.0 Å². The number of likely N-dealkylation sites (N-methyl/N-ethyl adjacent to an activating group) is 1. The van der Waals surface area contributed by atoms with Crippen molar-refractivity contribution in [2.75, 3.05) is 13.7 Å². The first kappa shape index (κ1) is 12.6. The van der Waals surface area contributed by atoms with Crippen LogP contribution < -0.4 is 0 Å². The number of ether oxygens (including phenoxy) is 1. The van der Waals surface area contributed by atoms with Gasteiger partial charge in [-0.25, -0.2) is 4.79 Å². The van der Waals surface area contributed by atoms with Gasteiger partial charge in [-0.05, 0) is 13.3 Å². The molecule has 1 N–H and O–H groups in total. The Morgan fingerprint density at radius 1 is 1.56 bits per heavy atom. The number of hydrogen-bond acceptors (Lipinski definition) is 5. The highest BCUT2D eigenvalue weighted by Crippen LogP contribution is 2.20. The molecule has 0 spiro atoms. The van der Waals surface area contributed by atoms with E-state index in [2.05, 4.69) is 9.68 Å². The van der Waals surface area contributed by atoms with Gasteiger partial charge in [-0.15, -0.1) is 0 Å². The quantitative estimate of drug-likeness (QED) is 0.850. The van der Waals surface area contributed by atoms with E-state index >= 15 is 0 Å². The molecule has 7 heteroatoms. The molecule has 1 aliphatic rings. The van der Waals surface area contributed by atoms with E-state index in [9.17, 15) is 9.59 Å². The number of amides is 1. The van der Waals surface area contributed by atoms with Crippen molar-refractivity contribution in [2.24, 2.45) is 0 Å². The molecular weight excluding hydrogens is 240 g/mol. The number of hydrogen-bond donors (Lipinski definition) is 1. The molecule has 0 aliphatic carbocycles. The summed E-state index contributed by atoms with van der Waals surface area (Å²) < 4.78 is 9.94. The highest BCUT2D eigenvalue weighted by atomic mass is 16.5. The van der Waals surface area contributed by atoms with Crippen molar-refractivity contribution in [3.8, 4) is 0 Å². The zero-order valence-electron chi connectivity index (χ0n) is 10.1. The van der Waals surface area contributed by atoms with Gasteiger partial charge < -0.3 is 19.3 Å². The Kier molecular flexibility index (Phi) is 3.33. The Labute approximate surface area is 103 Å². The predicted octanol–water partition coefficient (Wildman–Crippen LogP) is 0.622. The molecule has 1 amide bonds. The predicted molar refractivity (Wildman–Crippen MR) is 59.4 cm³/mol. The van der Waals surface area contributed by atoms with Crippen LogP contribution >= 0.6 is 0 Å². The molecule has 18 heavy (non-hydrogen) atoms.